The van der Waals surface area contributed by atoms with E-state index in [1.807, 2.05) is 11.1 Å². The second-order valence-corrected chi connectivity index (χ2v) is 5.99. The van der Waals surface area contributed by atoms with E-state index >= 15 is 0 Å². The predicted octanol–water partition coefficient (Wildman–Crippen LogP) is 1.65. The number of likely N-dealkylation sites (tertiary alicyclic amines) is 1. The van der Waals surface area contributed by atoms with Gasteiger partial charge in [0.2, 0.25) is 5.91 Å². The number of rotatable bonds is 5. The second kappa shape index (κ2) is 5.95. The number of piperidine rings is 1. The molecule has 1 saturated carbocycles. The van der Waals surface area contributed by atoms with Crippen LogP contribution in [0.5, 0.6) is 0 Å². The molecule has 0 radical (unpaired) electrons. The van der Waals surface area contributed by atoms with Gasteiger partial charge in [-0.05, 0) is 31.6 Å². The molecular weight excluding hydrogens is 254 g/mol. The van der Waals surface area contributed by atoms with E-state index in [1.54, 1.807) is 7.11 Å². The Bertz CT molecular complexity index is 467. The maximum absolute atomic E-state index is 12.0. The van der Waals surface area contributed by atoms with Crippen molar-refractivity contribution in [2.45, 2.75) is 38.1 Å². The topological polar surface area (TPSA) is 47.4 Å². The third kappa shape index (κ3) is 3.03. The molecule has 2 fully saturated rings. The van der Waals surface area contributed by atoms with Gasteiger partial charge < -0.3 is 14.2 Å². The second-order valence-electron chi connectivity index (χ2n) is 5.99. The van der Waals surface area contributed by atoms with E-state index in [-0.39, 0.29) is 12.5 Å². The molecule has 1 aliphatic carbocycles. The van der Waals surface area contributed by atoms with Crippen molar-refractivity contribution in [1.82, 2.24) is 14.5 Å². The molecule has 20 heavy (non-hydrogen) atoms. The number of carbonyl (C=O) groups excluding carboxylic acids is 1. The minimum absolute atomic E-state index is 0.0949. The standard InChI is InChI=1S/C15H23N3O2/c1-20-11-14(19)17-7-2-3-13(10-17)15-16-6-8-18(15)9-12-4-5-12/h6,8,12-13H,2-5,7,9-11H2,1H3/t13-/m0/s1. The first-order valence-corrected chi connectivity index (χ1v) is 7.55. The van der Waals surface area contributed by atoms with Crippen LogP contribution in [0.3, 0.4) is 0 Å². The highest BCUT2D eigenvalue weighted by molar-refractivity contribution is 5.77. The maximum atomic E-state index is 12.0. The quantitative estimate of drug-likeness (QED) is 0.822. The molecule has 5 heteroatoms. The first-order chi connectivity index (χ1) is 9.78. The van der Waals surface area contributed by atoms with Crippen LogP contribution in [0, 0.1) is 5.92 Å². The first kappa shape index (κ1) is 13.6. The largest absolute Gasteiger partial charge is 0.375 e. The lowest BCUT2D eigenvalue weighted by Gasteiger charge is -2.32. The molecule has 1 aromatic heterocycles. The highest BCUT2D eigenvalue weighted by atomic mass is 16.5. The Morgan fingerprint density at radius 3 is 3.05 bits per heavy atom. The minimum atomic E-state index is 0.0949. The van der Waals surface area contributed by atoms with Gasteiger partial charge in [0.25, 0.3) is 0 Å². The lowest BCUT2D eigenvalue weighted by molar-refractivity contribution is -0.136. The number of imidazole rings is 1. The van der Waals surface area contributed by atoms with Crippen LogP contribution in [0.15, 0.2) is 12.4 Å². The Morgan fingerprint density at radius 2 is 2.30 bits per heavy atom. The summed E-state index contributed by atoms with van der Waals surface area (Å²) in [6, 6.07) is 0. The zero-order valence-electron chi connectivity index (χ0n) is 12.1. The molecule has 3 rings (SSSR count). The van der Waals surface area contributed by atoms with Gasteiger partial charge in [-0.15, -0.1) is 0 Å². The SMILES string of the molecule is COCC(=O)N1CCC[C@H](c2nccn2CC2CC2)C1. The Labute approximate surface area is 119 Å². The molecule has 1 saturated heterocycles. The fourth-order valence-corrected chi connectivity index (χ4v) is 3.04. The van der Waals surface area contributed by atoms with E-state index < -0.39 is 0 Å². The summed E-state index contributed by atoms with van der Waals surface area (Å²) in [7, 11) is 1.57. The number of methoxy groups -OCH3 is 1. The molecule has 1 aromatic rings. The number of nitrogens with zero attached hydrogens (tertiary/aromatic N) is 3. The number of ether oxygens (including phenoxy) is 1. The summed E-state index contributed by atoms with van der Waals surface area (Å²) >= 11 is 0. The van der Waals surface area contributed by atoms with Crippen LogP contribution in [0.2, 0.25) is 0 Å². The van der Waals surface area contributed by atoms with Crippen LogP contribution in [0.1, 0.15) is 37.4 Å². The molecule has 0 spiro atoms. The van der Waals surface area contributed by atoms with Gasteiger partial charge in [0.15, 0.2) is 0 Å². The van der Waals surface area contributed by atoms with Crippen molar-refractivity contribution >= 4 is 5.91 Å². The van der Waals surface area contributed by atoms with Gasteiger partial charge in [-0.2, -0.15) is 0 Å². The van der Waals surface area contributed by atoms with Crippen LogP contribution in [-0.4, -0.2) is 47.2 Å². The van der Waals surface area contributed by atoms with Crippen molar-refractivity contribution in [2.24, 2.45) is 5.92 Å². The van der Waals surface area contributed by atoms with E-state index in [0.717, 1.165) is 44.2 Å². The first-order valence-electron chi connectivity index (χ1n) is 7.55. The molecule has 0 unspecified atom stereocenters. The molecule has 0 bridgehead atoms. The molecule has 1 atom stereocenters. The van der Waals surface area contributed by atoms with Gasteiger partial charge in [-0.1, -0.05) is 0 Å². The third-order valence-corrected chi connectivity index (χ3v) is 4.31. The lowest BCUT2D eigenvalue weighted by atomic mass is 9.97. The summed E-state index contributed by atoms with van der Waals surface area (Å²) in [6.45, 7) is 2.91. The average molecular weight is 277 g/mol. The van der Waals surface area contributed by atoms with Crippen LogP contribution in [0.4, 0.5) is 0 Å². The summed E-state index contributed by atoms with van der Waals surface area (Å²) in [5.41, 5.74) is 0. The number of carbonyl (C=O) groups is 1. The average Bonchev–Trinajstić information content (AvgIpc) is 3.15. The summed E-state index contributed by atoms with van der Waals surface area (Å²) in [6.07, 6.45) is 8.85. The van der Waals surface area contributed by atoms with Gasteiger partial charge >= 0.3 is 0 Å². The van der Waals surface area contributed by atoms with Gasteiger partial charge in [-0.3, -0.25) is 4.79 Å². The molecule has 0 N–H and O–H groups in total. The molecule has 2 aliphatic rings. The van der Waals surface area contributed by atoms with E-state index in [4.69, 9.17) is 4.74 Å². The van der Waals surface area contributed by atoms with E-state index in [9.17, 15) is 4.79 Å². The number of hydrogen-bond acceptors (Lipinski definition) is 3. The van der Waals surface area contributed by atoms with Crippen molar-refractivity contribution in [3.8, 4) is 0 Å². The molecule has 2 heterocycles. The van der Waals surface area contributed by atoms with Gasteiger partial charge in [-0.25, -0.2) is 4.98 Å². The molecule has 0 aromatic carbocycles. The maximum Gasteiger partial charge on any atom is 0.248 e. The third-order valence-electron chi connectivity index (χ3n) is 4.31. The van der Waals surface area contributed by atoms with Crippen molar-refractivity contribution in [3.63, 3.8) is 0 Å². The van der Waals surface area contributed by atoms with Crippen molar-refractivity contribution in [3.05, 3.63) is 18.2 Å². The van der Waals surface area contributed by atoms with Crippen LogP contribution >= 0.6 is 0 Å². The normalized spacial score (nSPS) is 23.1. The summed E-state index contributed by atoms with van der Waals surface area (Å²) in [4.78, 5) is 18.4. The predicted molar refractivity (Wildman–Crippen MR) is 75.4 cm³/mol. The van der Waals surface area contributed by atoms with Crippen LogP contribution in [0.25, 0.3) is 0 Å². The van der Waals surface area contributed by atoms with E-state index in [1.165, 1.54) is 12.8 Å². The Kier molecular flexibility index (Phi) is 4.05. The fourth-order valence-electron chi connectivity index (χ4n) is 3.04. The summed E-state index contributed by atoms with van der Waals surface area (Å²) in [5, 5.41) is 0. The fraction of sp³-hybridized carbons (Fsp3) is 0.733. The van der Waals surface area contributed by atoms with Gasteiger partial charge in [0, 0.05) is 45.1 Å². The Balaban J connectivity index is 1.66. The Morgan fingerprint density at radius 1 is 1.45 bits per heavy atom. The summed E-state index contributed by atoms with van der Waals surface area (Å²) < 4.78 is 7.25. The summed E-state index contributed by atoms with van der Waals surface area (Å²) in [5.74, 6) is 2.47. The lowest BCUT2D eigenvalue weighted by Crippen LogP contribution is -2.41. The zero-order valence-corrected chi connectivity index (χ0v) is 12.1. The van der Waals surface area contributed by atoms with Crippen LogP contribution < -0.4 is 0 Å². The number of hydrogen-bond donors (Lipinski definition) is 0. The zero-order chi connectivity index (χ0) is 13.9. The highest BCUT2D eigenvalue weighted by Crippen LogP contribution is 2.33. The minimum Gasteiger partial charge on any atom is -0.375 e. The molecular formula is C15H23N3O2. The molecule has 1 amide bonds. The number of amides is 1. The monoisotopic (exact) mass is 277 g/mol. The van der Waals surface area contributed by atoms with Crippen LogP contribution in [-0.2, 0) is 16.1 Å². The van der Waals surface area contributed by atoms with Crippen molar-refractivity contribution < 1.29 is 9.53 Å². The molecule has 1 aliphatic heterocycles. The van der Waals surface area contributed by atoms with Crippen molar-refractivity contribution in [1.29, 1.82) is 0 Å². The van der Waals surface area contributed by atoms with E-state index in [2.05, 4.69) is 15.7 Å². The Hall–Kier alpha value is -1.36. The molecule has 110 valence electrons. The van der Waals surface area contributed by atoms with Crippen molar-refractivity contribution in [2.75, 3.05) is 26.8 Å². The smallest absolute Gasteiger partial charge is 0.248 e. The highest BCUT2D eigenvalue weighted by Gasteiger charge is 2.29. The molecule has 5 nitrogen and oxygen atoms in total. The van der Waals surface area contributed by atoms with Gasteiger partial charge in [0.05, 0.1) is 0 Å². The van der Waals surface area contributed by atoms with E-state index in [0.29, 0.717) is 5.92 Å². The van der Waals surface area contributed by atoms with Gasteiger partial charge in [0.1, 0.15) is 12.4 Å². The number of aromatic nitrogens is 2.